The van der Waals surface area contributed by atoms with Gasteiger partial charge in [-0.1, -0.05) is 6.07 Å². The molecule has 5 heteroatoms. The number of nitriles is 1. The van der Waals surface area contributed by atoms with Gasteiger partial charge in [-0.15, -0.1) is 0 Å². The van der Waals surface area contributed by atoms with Gasteiger partial charge < -0.3 is 14.6 Å². The molecule has 0 spiro atoms. The highest BCUT2D eigenvalue weighted by molar-refractivity contribution is 9.10. The Morgan fingerprint density at radius 1 is 1.39 bits per heavy atom. The van der Waals surface area contributed by atoms with Crippen LogP contribution in [0.1, 0.15) is 25.5 Å². The lowest BCUT2D eigenvalue weighted by molar-refractivity contribution is -0.0426. The summed E-state index contributed by atoms with van der Waals surface area (Å²) in [7, 11) is 1.58. The fourth-order valence-corrected chi connectivity index (χ4v) is 1.92. The summed E-state index contributed by atoms with van der Waals surface area (Å²) in [4.78, 5) is 0. The van der Waals surface area contributed by atoms with E-state index in [1.165, 1.54) is 0 Å². The van der Waals surface area contributed by atoms with Crippen molar-refractivity contribution in [2.75, 3.05) is 7.11 Å². The highest BCUT2D eigenvalue weighted by atomic mass is 79.9. The number of ether oxygens (including phenoxy) is 2. The van der Waals surface area contributed by atoms with Gasteiger partial charge in [0.15, 0.2) is 6.10 Å². The number of rotatable bonds is 5. The van der Waals surface area contributed by atoms with Crippen LogP contribution in [0.3, 0.4) is 0 Å². The fourth-order valence-electron chi connectivity index (χ4n) is 1.36. The molecule has 0 aliphatic heterocycles. The molecule has 0 saturated heterocycles. The van der Waals surface area contributed by atoms with E-state index in [0.29, 0.717) is 5.75 Å². The first-order chi connectivity index (χ1) is 8.49. The topological polar surface area (TPSA) is 62.5 Å². The summed E-state index contributed by atoms with van der Waals surface area (Å²) >= 11 is 3.36. The Bertz CT molecular complexity index is 442. The van der Waals surface area contributed by atoms with Crippen molar-refractivity contribution >= 4 is 15.9 Å². The second kappa shape index (κ2) is 6.74. The third-order valence-electron chi connectivity index (χ3n) is 2.63. The molecule has 0 amide bonds. The highest BCUT2D eigenvalue weighted by Gasteiger charge is 2.19. The lowest BCUT2D eigenvalue weighted by Gasteiger charge is -2.20. The first kappa shape index (κ1) is 15.0. The van der Waals surface area contributed by atoms with Crippen LogP contribution in [0.25, 0.3) is 0 Å². The number of aliphatic hydroxyl groups excluding tert-OH is 1. The molecule has 3 atom stereocenters. The molecule has 98 valence electrons. The zero-order chi connectivity index (χ0) is 13.7. The zero-order valence-electron chi connectivity index (χ0n) is 10.6. The maximum absolute atomic E-state index is 9.39. The summed E-state index contributed by atoms with van der Waals surface area (Å²) in [6.45, 7) is 3.36. The van der Waals surface area contributed by atoms with Gasteiger partial charge in [0, 0.05) is 0 Å². The molecule has 1 N–H and O–H groups in total. The lowest BCUT2D eigenvalue weighted by atomic mass is 10.1. The summed E-state index contributed by atoms with van der Waals surface area (Å²) in [5.41, 5.74) is 0.720. The normalized spacial score (nSPS) is 15.6. The molecule has 1 aromatic carbocycles. The lowest BCUT2D eigenvalue weighted by Crippen LogP contribution is -2.24. The van der Waals surface area contributed by atoms with Crippen LogP contribution in [-0.2, 0) is 4.74 Å². The van der Waals surface area contributed by atoms with E-state index in [1.807, 2.05) is 0 Å². The van der Waals surface area contributed by atoms with Crippen molar-refractivity contribution in [2.45, 2.75) is 32.2 Å². The Labute approximate surface area is 115 Å². The number of methoxy groups -OCH3 is 1. The Morgan fingerprint density at radius 2 is 2.06 bits per heavy atom. The Hall–Kier alpha value is -1.09. The highest BCUT2D eigenvalue weighted by Crippen LogP contribution is 2.29. The average molecular weight is 314 g/mol. The molecule has 0 saturated carbocycles. The molecule has 4 nitrogen and oxygen atoms in total. The van der Waals surface area contributed by atoms with Gasteiger partial charge in [-0.2, -0.15) is 5.26 Å². The largest absolute Gasteiger partial charge is 0.496 e. The van der Waals surface area contributed by atoms with Crippen molar-refractivity contribution in [1.82, 2.24) is 0 Å². The van der Waals surface area contributed by atoms with Gasteiger partial charge >= 0.3 is 0 Å². The summed E-state index contributed by atoms with van der Waals surface area (Å²) in [6, 6.07) is 7.39. The van der Waals surface area contributed by atoms with E-state index in [1.54, 1.807) is 39.2 Å². The van der Waals surface area contributed by atoms with Gasteiger partial charge in [0.25, 0.3) is 0 Å². The molecule has 0 aromatic heterocycles. The minimum absolute atomic E-state index is 0.407. The standard InChI is InChI=1S/C13H16BrNO3/c1-8(16)9(2)18-13(7-15)10-4-5-12(17-3)11(14)6-10/h4-6,8-9,13,16H,1-3H3. The van der Waals surface area contributed by atoms with Gasteiger partial charge in [0.05, 0.1) is 29.9 Å². The van der Waals surface area contributed by atoms with Crippen molar-refractivity contribution in [3.05, 3.63) is 28.2 Å². The number of hydrogen-bond donors (Lipinski definition) is 1. The van der Waals surface area contributed by atoms with Crippen LogP contribution in [0.5, 0.6) is 5.75 Å². The van der Waals surface area contributed by atoms with Gasteiger partial charge in [-0.3, -0.25) is 0 Å². The zero-order valence-corrected chi connectivity index (χ0v) is 12.1. The fraction of sp³-hybridized carbons (Fsp3) is 0.462. The molecule has 0 fully saturated rings. The molecular weight excluding hydrogens is 298 g/mol. The number of hydrogen-bond acceptors (Lipinski definition) is 4. The molecule has 18 heavy (non-hydrogen) atoms. The Kier molecular flexibility index (Phi) is 5.60. The van der Waals surface area contributed by atoms with Crippen molar-refractivity contribution in [2.24, 2.45) is 0 Å². The van der Waals surface area contributed by atoms with E-state index in [0.717, 1.165) is 10.0 Å². The molecule has 0 aliphatic carbocycles. The van der Waals surface area contributed by atoms with E-state index < -0.39 is 18.3 Å². The van der Waals surface area contributed by atoms with Crippen molar-refractivity contribution in [1.29, 1.82) is 5.26 Å². The van der Waals surface area contributed by atoms with E-state index in [2.05, 4.69) is 22.0 Å². The van der Waals surface area contributed by atoms with E-state index in [4.69, 9.17) is 14.7 Å². The molecule has 0 bridgehead atoms. The molecule has 1 aromatic rings. The number of aliphatic hydroxyl groups is 1. The van der Waals surface area contributed by atoms with Crippen LogP contribution in [0.4, 0.5) is 0 Å². The number of halogens is 1. The number of nitrogens with zero attached hydrogens (tertiary/aromatic N) is 1. The minimum atomic E-state index is -0.711. The second-order valence-corrected chi connectivity index (χ2v) is 4.84. The molecule has 0 aliphatic rings. The minimum Gasteiger partial charge on any atom is -0.496 e. The Balaban J connectivity index is 2.90. The monoisotopic (exact) mass is 313 g/mol. The predicted molar refractivity (Wildman–Crippen MR) is 71.3 cm³/mol. The quantitative estimate of drug-likeness (QED) is 0.908. The van der Waals surface area contributed by atoms with Crippen molar-refractivity contribution in [3.8, 4) is 11.8 Å². The summed E-state index contributed by atoms with van der Waals surface area (Å²) in [5.74, 6) is 0.694. The molecule has 0 heterocycles. The van der Waals surface area contributed by atoms with Crippen LogP contribution in [0.2, 0.25) is 0 Å². The van der Waals surface area contributed by atoms with Gasteiger partial charge in [0.2, 0.25) is 0 Å². The average Bonchev–Trinajstić information content (AvgIpc) is 2.35. The smallest absolute Gasteiger partial charge is 0.169 e. The first-order valence-electron chi connectivity index (χ1n) is 5.56. The van der Waals surface area contributed by atoms with Crippen molar-refractivity contribution in [3.63, 3.8) is 0 Å². The SMILES string of the molecule is COc1ccc(C(C#N)OC(C)C(C)O)cc1Br. The third kappa shape index (κ3) is 3.70. The van der Waals surface area contributed by atoms with Crippen LogP contribution in [-0.4, -0.2) is 24.4 Å². The van der Waals surface area contributed by atoms with Gasteiger partial charge in [-0.05, 0) is 47.5 Å². The van der Waals surface area contributed by atoms with E-state index in [9.17, 15) is 5.11 Å². The van der Waals surface area contributed by atoms with Gasteiger partial charge in [0.1, 0.15) is 5.75 Å². The molecule has 1 rings (SSSR count). The van der Waals surface area contributed by atoms with Crippen LogP contribution >= 0.6 is 15.9 Å². The maximum Gasteiger partial charge on any atom is 0.169 e. The van der Waals surface area contributed by atoms with Crippen LogP contribution in [0, 0.1) is 11.3 Å². The molecular formula is C13H16BrNO3. The second-order valence-electron chi connectivity index (χ2n) is 3.98. The molecule has 3 unspecified atom stereocenters. The van der Waals surface area contributed by atoms with E-state index in [-0.39, 0.29) is 0 Å². The maximum atomic E-state index is 9.39. The summed E-state index contributed by atoms with van der Waals surface area (Å²) < 4.78 is 11.4. The number of benzene rings is 1. The van der Waals surface area contributed by atoms with Crippen LogP contribution in [0.15, 0.2) is 22.7 Å². The van der Waals surface area contributed by atoms with Crippen LogP contribution < -0.4 is 4.74 Å². The third-order valence-corrected chi connectivity index (χ3v) is 3.25. The Morgan fingerprint density at radius 3 is 2.50 bits per heavy atom. The summed E-state index contributed by atoms with van der Waals surface area (Å²) in [6.07, 6.45) is -1.74. The first-order valence-corrected chi connectivity index (χ1v) is 6.35. The summed E-state index contributed by atoms with van der Waals surface area (Å²) in [5, 5.41) is 18.5. The molecule has 0 radical (unpaired) electrons. The van der Waals surface area contributed by atoms with Gasteiger partial charge in [-0.25, -0.2) is 0 Å². The van der Waals surface area contributed by atoms with E-state index >= 15 is 0 Å². The predicted octanol–water partition coefficient (Wildman–Crippen LogP) is 2.81. The van der Waals surface area contributed by atoms with Crippen molar-refractivity contribution < 1.29 is 14.6 Å².